The highest BCUT2D eigenvalue weighted by atomic mass is 35.5. The number of pyridine rings is 1. The molecule has 0 amide bonds. The van der Waals surface area contributed by atoms with Gasteiger partial charge in [-0.25, -0.2) is 0 Å². The molecular weight excluding hydrogens is 358 g/mol. The zero-order valence-electron chi connectivity index (χ0n) is 16.1. The fourth-order valence-electron chi connectivity index (χ4n) is 3.16. The van der Waals surface area contributed by atoms with Crippen LogP contribution in [-0.4, -0.2) is 40.5 Å². The van der Waals surface area contributed by atoms with Crippen LogP contribution in [0.3, 0.4) is 0 Å². The van der Waals surface area contributed by atoms with E-state index in [2.05, 4.69) is 46.4 Å². The SMILES string of the molecule is CCNC(=NCCc1cccc2cccnc12)N(C)Cc1cc(Cl)cn1C. The molecule has 6 heteroatoms. The van der Waals surface area contributed by atoms with Gasteiger partial charge in [0.1, 0.15) is 0 Å². The maximum Gasteiger partial charge on any atom is 0.194 e. The minimum Gasteiger partial charge on any atom is -0.357 e. The molecule has 0 saturated heterocycles. The Hall–Kier alpha value is -2.53. The van der Waals surface area contributed by atoms with Gasteiger partial charge in [0.2, 0.25) is 0 Å². The Morgan fingerprint density at radius 1 is 1.30 bits per heavy atom. The van der Waals surface area contributed by atoms with Gasteiger partial charge in [-0.3, -0.25) is 9.98 Å². The van der Waals surface area contributed by atoms with Gasteiger partial charge < -0.3 is 14.8 Å². The van der Waals surface area contributed by atoms with Gasteiger partial charge in [0.05, 0.1) is 17.1 Å². The molecule has 3 aromatic rings. The van der Waals surface area contributed by atoms with Crippen molar-refractivity contribution in [2.45, 2.75) is 19.9 Å². The van der Waals surface area contributed by atoms with Crippen LogP contribution in [0, 0.1) is 0 Å². The summed E-state index contributed by atoms with van der Waals surface area (Å²) in [5.74, 6) is 0.892. The Morgan fingerprint density at radius 2 is 2.11 bits per heavy atom. The summed E-state index contributed by atoms with van der Waals surface area (Å²) in [6, 6.07) is 12.4. The van der Waals surface area contributed by atoms with Crippen molar-refractivity contribution >= 4 is 28.5 Å². The highest BCUT2D eigenvalue weighted by Crippen LogP contribution is 2.17. The van der Waals surface area contributed by atoms with Crippen molar-refractivity contribution < 1.29 is 0 Å². The molecular formula is C21H26ClN5. The Bertz CT molecular complexity index is 926. The lowest BCUT2D eigenvalue weighted by Crippen LogP contribution is -2.39. The van der Waals surface area contributed by atoms with Crippen LogP contribution in [0.2, 0.25) is 5.02 Å². The Balaban J connectivity index is 1.70. The van der Waals surface area contributed by atoms with Gasteiger partial charge in [0.25, 0.3) is 0 Å². The number of hydrogen-bond acceptors (Lipinski definition) is 2. The van der Waals surface area contributed by atoms with E-state index >= 15 is 0 Å². The molecule has 0 atom stereocenters. The molecule has 0 aliphatic rings. The van der Waals surface area contributed by atoms with Crippen molar-refractivity contribution in [1.29, 1.82) is 0 Å². The number of halogens is 1. The third-order valence-corrected chi connectivity index (χ3v) is 4.74. The monoisotopic (exact) mass is 383 g/mol. The standard InChI is InChI=1S/C21H26ClN5/c1-4-23-21(27(3)15-19-13-18(22)14-26(19)2)25-12-10-17-8-5-7-16-9-6-11-24-20(16)17/h5-9,11,13-14H,4,10,12,15H2,1-3H3,(H,23,25). The second-order valence-electron chi connectivity index (χ2n) is 6.59. The highest BCUT2D eigenvalue weighted by molar-refractivity contribution is 6.30. The van der Waals surface area contributed by atoms with Gasteiger partial charge in [-0.15, -0.1) is 0 Å². The summed E-state index contributed by atoms with van der Waals surface area (Å²) >= 11 is 6.10. The number of guanidine groups is 1. The van der Waals surface area contributed by atoms with E-state index in [1.165, 1.54) is 10.9 Å². The molecule has 1 N–H and O–H groups in total. The van der Waals surface area contributed by atoms with E-state index in [4.69, 9.17) is 16.6 Å². The lowest BCUT2D eigenvalue weighted by atomic mass is 10.1. The van der Waals surface area contributed by atoms with E-state index in [-0.39, 0.29) is 0 Å². The number of fused-ring (bicyclic) bond motifs is 1. The van der Waals surface area contributed by atoms with Crippen LogP contribution >= 0.6 is 11.6 Å². The van der Waals surface area contributed by atoms with Crippen LogP contribution < -0.4 is 5.32 Å². The molecule has 3 rings (SSSR count). The first-order valence-corrected chi connectivity index (χ1v) is 9.59. The average Bonchev–Trinajstić information content (AvgIpc) is 2.98. The van der Waals surface area contributed by atoms with Crippen molar-refractivity contribution in [1.82, 2.24) is 19.8 Å². The van der Waals surface area contributed by atoms with Crippen LogP contribution in [-0.2, 0) is 20.0 Å². The van der Waals surface area contributed by atoms with Gasteiger partial charge >= 0.3 is 0 Å². The summed E-state index contributed by atoms with van der Waals surface area (Å²) in [4.78, 5) is 11.5. The third kappa shape index (κ3) is 4.80. The van der Waals surface area contributed by atoms with E-state index < -0.39 is 0 Å². The molecule has 2 aromatic heterocycles. The second kappa shape index (κ2) is 8.91. The van der Waals surface area contributed by atoms with E-state index in [1.54, 1.807) is 0 Å². The number of hydrogen-bond donors (Lipinski definition) is 1. The van der Waals surface area contributed by atoms with Crippen molar-refractivity contribution in [3.63, 3.8) is 0 Å². The van der Waals surface area contributed by atoms with Gasteiger partial charge in [0.15, 0.2) is 5.96 Å². The van der Waals surface area contributed by atoms with Crippen molar-refractivity contribution in [3.05, 3.63) is 65.1 Å². The zero-order chi connectivity index (χ0) is 19.2. The predicted molar refractivity (Wildman–Crippen MR) is 113 cm³/mol. The number of para-hydroxylation sites is 1. The molecule has 0 unspecified atom stereocenters. The van der Waals surface area contributed by atoms with Crippen LogP contribution in [0.15, 0.2) is 53.8 Å². The van der Waals surface area contributed by atoms with E-state index in [9.17, 15) is 0 Å². The molecule has 0 saturated carbocycles. The molecule has 0 radical (unpaired) electrons. The highest BCUT2D eigenvalue weighted by Gasteiger charge is 2.10. The van der Waals surface area contributed by atoms with E-state index in [0.717, 1.165) is 41.7 Å². The maximum absolute atomic E-state index is 6.10. The number of benzene rings is 1. The van der Waals surface area contributed by atoms with Crippen molar-refractivity contribution in [2.75, 3.05) is 20.1 Å². The molecule has 0 aliphatic carbocycles. The maximum atomic E-state index is 6.10. The van der Waals surface area contributed by atoms with Crippen LogP contribution in [0.4, 0.5) is 0 Å². The van der Waals surface area contributed by atoms with E-state index in [1.807, 2.05) is 43.2 Å². The normalized spacial score (nSPS) is 11.8. The topological polar surface area (TPSA) is 45.5 Å². The first-order valence-electron chi connectivity index (χ1n) is 9.21. The predicted octanol–water partition coefficient (Wildman–Crippen LogP) is 3.87. The zero-order valence-corrected chi connectivity index (χ0v) is 16.9. The third-order valence-electron chi connectivity index (χ3n) is 4.53. The van der Waals surface area contributed by atoms with Crippen molar-refractivity contribution in [2.24, 2.45) is 12.0 Å². The number of aromatic nitrogens is 2. The largest absolute Gasteiger partial charge is 0.357 e. The van der Waals surface area contributed by atoms with Gasteiger partial charge in [-0.2, -0.15) is 0 Å². The Labute approximate surface area is 165 Å². The summed E-state index contributed by atoms with van der Waals surface area (Å²) in [6.07, 6.45) is 4.62. The van der Waals surface area contributed by atoms with Gasteiger partial charge in [-0.1, -0.05) is 35.9 Å². The molecule has 2 heterocycles. The molecule has 1 aromatic carbocycles. The van der Waals surface area contributed by atoms with Crippen LogP contribution in [0.1, 0.15) is 18.2 Å². The second-order valence-corrected chi connectivity index (χ2v) is 7.03. The Kier molecular flexibility index (Phi) is 6.35. The number of aliphatic imine (C=N–C) groups is 1. The molecule has 0 aliphatic heterocycles. The Morgan fingerprint density at radius 3 is 2.85 bits per heavy atom. The first-order chi connectivity index (χ1) is 13.1. The minimum absolute atomic E-state index is 0.705. The lowest BCUT2D eigenvalue weighted by molar-refractivity contribution is 0.462. The molecule has 0 bridgehead atoms. The number of rotatable bonds is 6. The first kappa shape index (κ1) is 19.2. The fourth-order valence-corrected chi connectivity index (χ4v) is 3.43. The summed E-state index contributed by atoms with van der Waals surface area (Å²) in [6.45, 7) is 4.35. The summed E-state index contributed by atoms with van der Waals surface area (Å²) in [5.41, 5.74) is 3.43. The molecule has 27 heavy (non-hydrogen) atoms. The van der Waals surface area contributed by atoms with Crippen LogP contribution in [0.25, 0.3) is 10.9 Å². The number of nitrogens with zero attached hydrogens (tertiary/aromatic N) is 4. The molecule has 142 valence electrons. The minimum atomic E-state index is 0.705. The summed E-state index contributed by atoms with van der Waals surface area (Å²) in [7, 11) is 4.05. The quantitative estimate of drug-likeness (QED) is 0.519. The van der Waals surface area contributed by atoms with Gasteiger partial charge in [0, 0.05) is 50.7 Å². The van der Waals surface area contributed by atoms with Gasteiger partial charge in [-0.05, 0) is 31.0 Å². The fraction of sp³-hybridized carbons (Fsp3) is 0.333. The van der Waals surface area contributed by atoms with Crippen molar-refractivity contribution in [3.8, 4) is 0 Å². The van der Waals surface area contributed by atoms with Crippen LogP contribution in [0.5, 0.6) is 0 Å². The number of nitrogens with one attached hydrogen (secondary N) is 1. The van der Waals surface area contributed by atoms with E-state index in [0.29, 0.717) is 6.54 Å². The number of aryl methyl sites for hydroxylation is 1. The smallest absolute Gasteiger partial charge is 0.194 e. The molecule has 5 nitrogen and oxygen atoms in total. The lowest BCUT2D eigenvalue weighted by Gasteiger charge is -2.22. The summed E-state index contributed by atoms with van der Waals surface area (Å²) < 4.78 is 2.05. The summed E-state index contributed by atoms with van der Waals surface area (Å²) in [5, 5.41) is 5.30. The molecule has 0 fully saturated rings. The molecule has 0 spiro atoms. The average molecular weight is 384 g/mol.